The molecule has 0 radical (unpaired) electrons. The Balaban J connectivity index is 1.67. The van der Waals surface area contributed by atoms with Gasteiger partial charge < -0.3 is 102 Å². The van der Waals surface area contributed by atoms with Crippen LogP contribution in [0.5, 0.6) is 5.75 Å². The first-order valence-electron chi connectivity index (χ1n) is 29.7. The highest BCUT2D eigenvalue weighted by Gasteiger charge is 2.38. The molecule has 2 heterocycles. The van der Waals surface area contributed by atoms with Gasteiger partial charge in [-0.3, -0.25) is 57.7 Å². The van der Waals surface area contributed by atoms with Crippen molar-refractivity contribution in [2.75, 3.05) is 46.4 Å². The zero-order chi connectivity index (χ0) is 66.6. The number of nitrogens with zero attached hydrogens (tertiary/aromatic N) is 1. The van der Waals surface area contributed by atoms with Gasteiger partial charge >= 0.3 is 0 Å². The summed E-state index contributed by atoms with van der Waals surface area (Å²) in [5, 5.41) is 49.4. The lowest BCUT2D eigenvalue weighted by Crippen LogP contribution is -2.63. The standard InChI is InChI=1S/C59H89N17O14/c1-31(2)27-44-55(85)70-38(15-21-60)50(80)69-41(18-24-63)54(84)75-47(32(3)77)58(88)66-26-20-42(52(82)68-39(16-22-61)51(81)73-45(56(86)72-44)28-34-9-7-6-8-10-34)71-57(87)46(30-64)74-59(89)48(33(4)78)76-53(83)40(17-23-62)67-49(79)36-19-25-65-43(29-36)35-11-13-37(90-5)14-12-35/h6-14,19,25,29,31-33,38-42,44-48,77-78H,15-18,20-24,26-28,30,60-64H2,1-5H3,(H,66,88)(H,67,79)(H,68,82)(H,69,80)(H,70,85)(H,71,87)(H,72,86)(H,73,81)(H,74,89)(H,75,84)(H,76,83)/t32-,33-,38+,39+,40+,41+,42+,44+,45-,46+,47+,48+/m1/s1. The molecule has 4 rings (SSSR count). The average molecular weight is 1260 g/mol. The van der Waals surface area contributed by atoms with Gasteiger partial charge in [-0.1, -0.05) is 44.2 Å². The number of benzene rings is 2. The number of aliphatic hydroxyl groups is 2. The molecule has 0 aliphatic carbocycles. The maximum Gasteiger partial charge on any atom is 0.252 e. The summed E-state index contributed by atoms with van der Waals surface area (Å²) in [7, 11) is 1.52. The fraction of sp³-hybridized carbons (Fsp3) is 0.525. The van der Waals surface area contributed by atoms with Gasteiger partial charge in [0.05, 0.1) is 25.0 Å². The highest BCUT2D eigenvalue weighted by Crippen LogP contribution is 2.22. The van der Waals surface area contributed by atoms with Gasteiger partial charge in [0, 0.05) is 36.8 Å². The summed E-state index contributed by atoms with van der Waals surface area (Å²) >= 11 is 0. The second kappa shape index (κ2) is 37.3. The molecule has 3 aromatic rings. The fourth-order valence-electron chi connectivity index (χ4n) is 9.40. The first-order chi connectivity index (χ1) is 42.9. The number of carbonyl (C=O) groups excluding carboxylic acids is 11. The molecule has 1 fully saturated rings. The molecule has 2 aromatic carbocycles. The lowest BCUT2D eigenvalue weighted by Gasteiger charge is -2.28. The van der Waals surface area contributed by atoms with E-state index in [0.29, 0.717) is 22.6 Å². The molecule has 1 aliphatic rings. The predicted octanol–water partition coefficient (Wildman–Crippen LogP) is -5.86. The topological polar surface area (TPSA) is 513 Å². The van der Waals surface area contributed by atoms with E-state index in [4.69, 9.17) is 33.4 Å². The molecule has 1 aromatic heterocycles. The molecule has 0 unspecified atom stereocenters. The van der Waals surface area contributed by atoms with Gasteiger partial charge in [-0.15, -0.1) is 0 Å². The number of pyridine rings is 1. The number of carbonyl (C=O) groups is 11. The van der Waals surface area contributed by atoms with Crippen LogP contribution in [0.4, 0.5) is 0 Å². The van der Waals surface area contributed by atoms with E-state index in [-0.39, 0.29) is 76.2 Å². The van der Waals surface area contributed by atoms with Crippen LogP contribution in [0.15, 0.2) is 72.9 Å². The van der Waals surface area contributed by atoms with Gasteiger partial charge in [0.2, 0.25) is 59.1 Å². The minimum absolute atomic E-state index is 0.0339. The molecule has 0 saturated carbocycles. The molecule has 31 heteroatoms. The van der Waals surface area contributed by atoms with Crippen LogP contribution in [0.2, 0.25) is 0 Å². The van der Waals surface area contributed by atoms with Crippen LogP contribution in [0.3, 0.4) is 0 Å². The molecule has 0 spiro atoms. The Morgan fingerprint density at radius 1 is 0.611 bits per heavy atom. The number of hydrogen-bond donors (Lipinski definition) is 18. The van der Waals surface area contributed by atoms with Gasteiger partial charge in [-0.2, -0.15) is 0 Å². The molecule has 1 saturated heterocycles. The van der Waals surface area contributed by atoms with Gasteiger partial charge in [-0.05, 0) is 126 Å². The third-order valence-corrected chi connectivity index (χ3v) is 14.4. The number of aromatic nitrogens is 1. The van der Waals surface area contributed by atoms with Crippen LogP contribution in [-0.4, -0.2) is 199 Å². The first kappa shape index (κ1) is 73.7. The van der Waals surface area contributed by atoms with E-state index in [9.17, 15) is 63.0 Å². The Morgan fingerprint density at radius 3 is 1.69 bits per heavy atom. The highest BCUT2D eigenvalue weighted by atomic mass is 16.5. The number of ether oxygens (including phenoxy) is 1. The molecule has 23 N–H and O–H groups in total. The lowest BCUT2D eigenvalue weighted by atomic mass is 10.00. The van der Waals surface area contributed by atoms with Crippen molar-refractivity contribution >= 4 is 65.0 Å². The minimum Gasteiger partial charge on any atom is -0.497 e. The average Bonchev–Trinajstić information content (AvgIpc) is 3.53. The van der Waals surface area contributed by atoms with Gasteiger partial charge in [0.1, 0.15) is 66.2 Å². The van der Waals surface area contributed by atoms with Crippen molar-refractivity contribution in [3.8, 4) is 17.0 Å². The quantitative estimate of drug-likeness (QED) is 0.0376. The van der Waals surface area contributed by atoms with Crippen LogP contribution < -0.4 is 91.9 Å². The van der Waals surface area contributed by atoms with E-state index in [0.717, 1.165) is 0 Å². The van der Waals surface area contributed by atoms with Gasteiger partial charge in [0.15, 0.2) is 0 Å². The zero-order valence-electron chi connectivity index (χ0n) is 51.3. The third kappa shape index (κ3) is 23.0. The maximum atomic E-state index is 14.5. The van der Waals surface area contributed by atoms with Crippen LogP contribution in [0.1, 0.15) is 82.1 Å². The Labute approximate surface area is 521 Å². The lowest BCUT2D eigenvalue weighted by molar-refractivity contribution is -0.136. The second-order valence-electron chi connectivity index (χ2n) is 22.0. The van der Waals surface area contributed by atoms with Gasteiger partial charge in [-0.25, -0.2) is 0 Å². The Morgan fingerprint density at radius 2 is 1.16 bits per heavy atom. The van der Waals surface area contributed by atoms with Crippen molar-refractivity contribution in [3.63, 3.8) is 0 Å². The summed E-state index contributed by atoms with van der Waals surface area (Å²) in [5.41, 5.74) is 31.3. The first-order valence-corrected chi connectivity index (χ1v) is 29.7. The number of aliphatic hydroxyl groups excluding tert-OH is 2. The molecule has 1 aliphatic heterocycles. The maximum absolute atomic E-state index is 14.5. The van der Waals surface area contributed by atoms with E-state index < -0.39 is 157 Å². The van der Waals surface area contributed by atoms with E-state index in [1.807, 2.05) is 0 Å². The minimum atomic E-state index is -1.79. The molecular weight excluding hydrogens is 1170 g/mol. The smallest absolute Gasteiger partial charge is 0.252 e. The fourth-order valence-corrected chi connectivity index (χ4v) is 9.40. The van der Waals surface area contributed by atoms with E-state index in [2.05, 4.69) is 63.5 Å². The molecular formula is C59H89N17O14. The number of amides is 11. The molecule has 11 amide bonds. The van der Waals surface area contributed by atoms with E-state index in [1.165, 1.54) is 39.3 Å². The van der Waals surface area contributed by atoms with E-state index in [1.54, 1.807) is 68.4 Å². The van der Waals surface area contributed by atoms with Crippen LogP contribution in [0, 0.1) is 5.92 Å². The molecule has 90 heavy (non-hydrogen) atoms. The third-order valence-electron chi connectivity index (χ3n) is 14.4. The number of nitrogens with one attached hydrogen (secondary N) is 11. The largest absolute Gasteiger partial charge is 0.497 e. The van der Waals surface area contributed by atoms with Crippen molar-refractivity contribution in [2.45, 2.75) is 145 Å². The Bertz CT molecular complexity index is 2900. The van der Waals surface area contributed by atoms with Crippen LogP contribution >= 0.6 is 0 Å². The van der Waals surface area contributed by atoms with E-state index >= 15 is 0 Å². The summed E-state index contributed by atoms with van der Waals surface area (Å²) in [6.07, 6.45) is -3.13. The van der Waals surface area contributed by atoms with Crippen molar-refractivity contribution in [3.05, 3.63) is 84.1 Å². The SMILES string of the molecule is COc1ccc(-c2cc(C(=O)N[C@@H](CCN)C(=O)N[C@H](C(=O)N[C@@H](CN)C(=O)N[C@H]3CCNC(=O)[C@H]([C@@H](C)O)NC(=O)[C@H](CCN)NC(=O)[C@H](CCN)NC(=O)[C@H](CC(C)C)NC(=O)[C@@H](Cc4ccccc4)NC(=O)[C@H](CCN)NC3=O)[C@@H](C)O)ccn2)cc1. The molecule has 31 nitrogen and oxygen atoms in total. The number of nitrogens with two attached hydrogens (primary N) is 5. The number of hydrogen-bond acceptors (Lipinski definition) is 20. The van der Waals surface area contributed by atoms with Gasteiger partial charge in [0.25, 0.3) is 5.91 Å². The molecule has 0 bridgehead atoms. The Hall–Kier alpha value is -8.72. The number of rotatable bonds is 25. The summed E-state index contributed by atoms with van der Waals surface area (Å²) in [6.45, 7) is 4.16. The van der Waals surface area contributed by atoms with Crippen molar-refractivity contribution in [2.24, 2.45) is 34.6 Å². The summed E-state index contributed by atoms with van der Waals surface area (Å²) in [6, 6.07) is 2.98. The molecule has 494 valence electrons. The molecule has 12 atom stereocenters. The van der Waals surface area contributed by atoms with Crippen LogP contribution in [0.25, 0.3) is 11.3 Å². The Kier molecular flexibility index (Phi) is 30.6. The predicted molar refractivity (Wildman–Crippen MR) is 329 cm³/mol. The summed E-state index contributed by atoms with van der Waals surface area (Å²) < 4.78 is 5.22. The van der Waals surface area contributed by atoms with Crippen LogP contribution in [-0.2, 0) is 54.4 Å². The monoisotopic (exact) mass is 1260 g/mol. The highest BCUT2D eigenvalue weighted by molar-refractivity contribution is 6.01. The van der Waals surface area contributed by atoms with Crippen molar-refractivity contribution in [1.82, 2.24) is 63.5 Å². The number of methoxy groups -OCH3 is 1. The summed E-state index contributed by atoms with van der Waals surface area (Å²) in [4.78, 5) is 159. The van der Waals surface area contributed by atoms with Crippen molar-refractivity contribution in [1.29, 1.82) is 0 Å². The summed E-state index contributed by atoms with van der Waals surface area (Å²) in [5.74, 6) is -10.0. The van der Waals surface area contributed by atoms with Crippen molar-refractivity contribution < 1.29 is 67.7 Å². The second-order valence-corrected chi connectivity index (χ2v) is 22.0. The normalized spacial score (nSPS) is 21.8. The zero-order valence-corrected chi connectivity index (χ0v) is 51.3.